The van der Waals surface area contributed by atoms with Gasteiger partial charge >= 0.3 is 0 Å². The van der Waals surface area contributed by atoms with Crippen LogP contribution in [0.4, 0.5) is 10.1 Å². The zero-order valence-corrected chi connectivity index (χ0v) is 17.0. The molecule has 30 heavy (non-hydrogen) atoms. The van der Waals surface area contributed by atoms with Crippen LogP contribution in [0.15, 0.2) is 65.6 Å². The number of nitrogens with one attached hydrogen (secondary N) is 1. The Morgan fingerprint density at radius 1 is 0.900 bits per heavy atom. The van der Waals surface area contributed by atoms with Gasteiger partial charge in [-0.1, -0.05) is 31.2 Å². The minimum absolute atomic E-state index is 0.218. The minimum Gasteiger partial charge on any atom is -0.322 e. The van der Waals surface area contributed by atoms with E-state index < -0.39 is 11.7 Å². The van der Waals surface area contributed by atoms with Crippen molar-refractivity contribution < 1.29 is 18.8 Å². The number of carbonyl (C=O) groups is 3. The van der Waals surface area contributed by atoms with E-state index in [2.05, 4.69) is 5.32 Å². The highest BCUT2D eigenvalue weighted by molar-refractivity contribution is 7.99. The molecule has 0 radical (unpaired) electrons. The van der Waals surface area contributed by atoms with Crippen LogP contribution in [0.1, 0.15) is 55.5 Å². The first kappa shape index (κ1) is 20.0. The fourth-order valence-corrected chi connectivity index (χ4v) is 4.49. The number of hydrogen-bond acceptors (Lipinski definition) is 4. The van der Waals surface area contributed by atoms with Crippen LogP contribution >= 0.6 is 11.8 Å². The van der Waals surface area contributed by atoms with E-state index in [1.807, 2.05) is 6.92 Å². The fourth-order valence-electron chi connectivity index (χ4n) is 3.42. The van der Waals surface area contributed by atoms with Crippen molar-refractivity contribution in [2.45, 2.75) is 18.2 Å². The lowest BCUT2D eigenvalue weighted by molar-refractivity contribution is 0.0975. The van der Waals surface area contributed by atoms with Crippen LogP contribution in [0.2, 0.25) is 0 Å². The molecule has 1 aliphatic rings. The molecule has 0 aromatic heterocycles. The zero-order valence-electron chi connectivity index (χ0n) is 16.2. The van der Waals surface area contributed by atoms with E-state index in [1.54, 1.807) is 36.4 Å². The van der Waals surface area contributed by atoms with E-state index in [0.29, 0.717) is 38.6 Å². The van der Waals surface area contributed by atoms with Crippen molar-refractivity contribution in [1.82, 2.24) is 0 Å². The molecule has 3 aromatic rings. The number of anilines is 1. The van der Waals surface area contributed by atoms with Crippen molar-refractivity contribution in [3.8, 4) is 0 Å². The third kappa shape index (κ3) is 3.55. The second-order valence-corrected chi connectivity index (χ2v) is 7.98. The van der Waals surface area contributed by atoms with Gasteiger partial charge in [-0.05, 0) is 48.6 Å². The maximum Gasteiger partial charge on any atom is 0.256 e. The van der Waals surface area contributed by atoms with Gasteiger partial charge in [-0.3, -0.25) is 14.4 Å². The van der Waals surface area contributed by atoms with E-state index in [4.69, 9.17) is 0 Å². The summed E-state index contributed by atoms with van der Waals surface area (Å²) in [6.45, 7) is 2.00. The summed E-state index contributed by atoms with van der Waals surface area (Å²) in [7, 11) is 0. The molecule has 0 saturated carbocycles. The molecule has 0 saturated heterocycles. The Morgan fingerprint density at radius 3 is 2.23 bits per heavy atom. The van der Waals surface area contributed by atoms with Crippen LogP contribution < -0.4 is 5.32 Å². The van der Waals surface area contributed by atoms with E-state index in [9.17, 15) is 18.8 Å². The number of hydrogen-bond donors (Lipinski definition) is 1. The molecule has 3 aromatic carbocycles. The van der Waals surface area contributed by atoms with Crippen molar-refractivity contribution in [2.24, 2.45) is 0 Å². The summed E-state index contributed by atoms with van der Waals surface area (Å²) in [6, 6.07) is 15.3. The van der Waals surface area contributed by atoms with Gasteiger partial charge in [0.15, 0.2) is 11.6 Å². The van der Waals surface area contributed by atoms with Crippen LogP contribution in [0.5, 0.6) is 0 Å². The molecule has 150 valence electrons. The van der Waals surface area contributed by atoms with Crippen LogP contribution in [0.25, 0.3) is 0 Å². The lowest BCUT2D eigenvalue weighted by atomic mass is 9.83. The maximum absolute atomic E-state index is 13.3. The average Bonchev–Trinajstić information content (AvgIpc) is 2.77. The van der Waals surface area contributed by atoms with Gasteiger partial charge in [0.25, 0.3) is 5.91 Å². The standard InChI is InChI=1S/C24H18FNO3S/c1-2-13-30-23-19(24(29)26-15-9-7-14(25)8-10-15)12-11-18-20(23)22(28)17-6-4-3-5-16(17)21(18)27/h3-12H,2,13H2,1H3,(H,26,29). The lowest BCUT2D eigenvalue weighted by Crippen LogP contribution is -2.24. The first-order chi connectivity index (χ1) is 14.5. The summed E-state index contributed by atoms with van der Waals surface area (Å²) in [5, 5.41) is 2.74. The molecule has 1 aliphatic carbocycles. The predicted molar refractivity (Wildman–Crippen MR) is 115 cm³/mol. The largest absolute Gasteiger partial charge is 0.322 e. The first-order valence-corrected chi connectivity index (χ1v) is 10.5. The Morgan fingerprint density at radius 2 is 1.57 bits per heavy atom. The van der Waals surface area contributed by atoms with E-state index in [-0.39, 0.29) is 17.1 Å². The fraction of sp³-hybridized carbons (Fsp3) is 0.125. The van der Waals surface area contributed by atoms with Gasteiger partial charge in [-0.25, -0.2) is 4.39 Å². The Balaban J connectivity index is 1.80. The molecule has 4 rings (SSSR count). The van der Waals surface area contributed by atoms with Crippen molar-refractivity contribution in [3.63, 3.8) is 0 Å². The van der Waals surface area contributed by atoms with Gasteiger partial charge in [-0.2, -0.15) is 0 Å². The number of benzene rings is 3. The monoisotopic (exact) mass is 419 g/mol. The SMILES string of the molecule is CCCSc1c(C(=O)Nc2ccc(F)cc2)ccc2c1C(=O)c1ccccc1C2=O. The quantitative estimate of drug-likeness (QED) is 0.443. The van der Waals surface area contributed by atoms with Crippen molar-refractivity contribution in [1.29, 1.82) is 0 Å². The number of halogens is 1. The number of amides is 1. The summed E-state index contributed by atoms with van der Waals surface area (Å²) >= 11 is 1.39. The summed E-state index contributed by atoms with van der Waals surface area (Å²) in [6.07, 6.45) is 0.839. The number of carbonyl (C=O) groups excluding carboxylic acids is 3. The Hall–Kier alpha value is -3.25. The van der Waals surface area contributed by atoms with E-state index in [1.165, 1.54) is 36.0 Å². The highest BCUT2D eigenvalue weighted by atomic mass is 32.2. The molecule has 0 atom stereocenters. The Bertz CT molecular complexity index is 1170. The topological polar surface area (TPSA) is 63.2 Å². The molecule has 1 amide bonds. The van der Waals surface area contributed by atoms with Crippen molar-refractivity contribution in [3.05, 3.63) is 94.3 Å². The van der Waals surface area contributed by atoms with Crippen LogP contribution in [0, 0.1) is 5.82 Å². The molecule has 4 nitrogen and oxygen atoms in total. The summed E-state index contributed by atoms with van der Waals surface area (Å²) in [4.78, 5) is 39.7. The van der Waals surface area contributed by atoms with Crippen molar-refractivity contribution in [2.75, 3.05) is 11.1 Å². The van der Waals surface area contributed by atoms with Gasteiger partial charge < -0.3 is 5.32 Å². The van der Waals surface area contributed by atoms with Crippen LogP contribution in [-0.4, -0.2) is 23.2 Å². The molecule has 0 bridgehead atoms. The smallest absolute Gasteiger partial charge is 0.256 e. The number of fused-ring (bicyclic) bond motifs is 2. The van der Waals surface area contributed by atoms with Gasteiger partial charge in [0.2, 0.25) is 0 Å². The van der Waals surface area contributed by atoms with E-state index in [0.717, 1.165) is 6.42 Å². The molecule has 0 heterocycles. The first-order valence-electron chi connectivity index (χ1n) is 9.56. The second-order valence-electron chi connectivity index (χ2n) is 6.88. The van der Waals surface area contributed by atoms with Crippen molar-refractivity contribution >= 4 is 34.9 Å². The highest BCUT2D eigenvalue weighted by Gasteiger charge is 2.33. The van der Waals surface area contributed by atoms with Gasteiger partial charge in [0.05, 0.1) is 5.56 Å². The molecule has 0 spiro atoms. The molecule has 0 fully saturated rings. The normalized spacial score (nSPS) is 12.3. The van der Waals surface area contributed by atoms with Crippen LogP contribution in [-0.2, 0) is 0 Å². The summed E-state index contributed by atoms with van der Waals surface area (Å²) in [5.74, 6) is -0.596. The average molecular weight is 419 g/mol. The molecule has 0 unspecified atom stereocenters. The molecular formula is C24H18FNO3S. The molecular weight excluding hydrogens is 401 g/mol. The maximum atomic E-state index is 13.3. The molecule has 1 N–H and O–H groups in total. The number of thioether (sulfide) groups is 1. The number of rotatable bonds is 5. The highest BCUT2D eigenvalue weighted by Crippen LogP contribution is 2.37. The van der Waals surface area contributed by atoms with Gasteiger partial charge in [0, 0.05) is 32.8 Å². The minimum atomic E-state index is -0.415. The molecule has 0 aliphatic heterocycles. The Kier molecular flexibility index (Phi) is 5.50. The summed E-state index contributed by atoms with van der Waals surface area (Å²) < 4.78 is 13.2. The van der Waals surface area contributed by atoms with Crippen LogP contribution in [0.3, 0.4) is 0 Å². The third-order valence-corrected chi connectivity index (χ3v) is 6.17. The predicted octanol–water partition coefficient (Wildman–Crippen LogP) is 5.36. The van der Waals surface area contributed by atoms with Gasteiger partial charge in [0.1, 0.15) is 5.82 Å². The zero-order chi connectivity index (χ0) is 21.3. The number of ketones is 2. The lowest BCUT2D eigenvalue weighted by Gasteiger charge is -2.22. The molecule has 6 heteroatoms. The van der Waals surface area contributed by atoms with E-state index >= 15 is 0 Å². The van der Waals surface area contributed by atoms with Gasteiger partial charge in [-0.15, -0.1) is 11.8 Å². The Labute approximate surface area is 177 Å². The third-order valence-electron chi connectivity index (χ3n) is 4.84. The summed E-state index contributed by atoms with van der Waals surface area (Å²) in [5.41, 5.74) is 2.09. The second kappa shape index (κ2) is 8.24.